The first-order chi connectivity index (χ1) is 12.6. The van der Waals surface area contributed by atoms with Gasteiger partial charge >= 0.3 is 17.9 Å². The average molecular weight is 390 g/mol. The van der Waals surface area contributed by atoms with Gasteiger partial charge in [-0.3, -0.25) is 0 Å². The smallest absolute Gasteiger partial charge is 0.199 e. The van der Waals surface area contributed by atoms with Gasteiger partial charge in [-0.2, -0.15) is 22.0 Å². The number of hydrogen-bond donors (Lipinski definition) is 0. The molecule has 0 heterocycles. The van der Waals surface area contributed by atoms with Gasteiger partial charge in [-0.05, 0) is 31.2 Å². The number of nitrogens with zero attached hydrogens (tertiary/aromatic N) is 1. The molecular weight excluding hydrogens is 368 g/mol. The number of benzene rings is 2. The zero-order valence-corrected chi connectivity index (χ0v) is 15.1. The molecule has 2 rings (SSSR count). The van der Waals surface area contributed by atoms with Crippen molar-refractivity contribution in [2.24, 2.45) is 0 Å². The number of alkyl halides is 6. The van der Waals surface area contributed by atoms with Crippen LogP contribution in [0.15, 0.2) is 60.7 Å². The maximum atomic E-state index is 15.5. The van der Waals surface area contributed by atoms with Crippen molar-refractivity contribution >= 4 is 11.4 Å². The first-order valence-corrected chi connectivity index (χ1v) is 8.71. The second-order valence-corrected chi connectivity index (χ2v) is 6.37. The molecule has 0 bridgehead atoms. The van der Waals surface area contributed by atoms with E-state index in [-0.39, 0.29) is 17.8 Å². The Labute approximate surface area is 154 Å². The zero-order valence-electron chi connectivity index (χ0n) is 15.1. The summed E-state index contributed by atoms with van der Waals surface area (Å²) in [7, 11) is 0. The average Bonchev–Trinajstić information content (AvgIpc) is 2.64. The molecule has 2 aromatic rings. The lowest BCUT2D eigenvalue weighted by molar-refractivity contribution is -0.343. The molecule has 2 aromatic carbocycles. The summed E-state index contributed by atoms with van der Waals surface area (Å²) in [6.07, 6.45) is -1.68. The van der Waals surface area contributed by atoms with Crippen molar-refractivity contribution < 1.29 is 26.3 Å². The van der Waals surface area contributed by atoms with Crippen LogP contribution >= 0.6 is 0 Å². The van der Waals surface area contributed by atoms with Gasteiger partial charge in [-0.25, -0.2) is 0 Å². The van der Waals surface area contributed by atoms with E-state index in [9.17, 15) is 17.6 Å². The van der Waals surface area contributed by atoms with Crippen molar-refractivity contribution in [1.82, 2.24) is 4.48 Å². The fourth-order valence-corrected chi connectivity index (χ4v) is 3.33. The lowest BCUT2D eigenvalue weighted by atomic mass is 9.99. The summed E-state index contributed by atoms with van der Waals surface area (Å²) < 4.78 is 86.9. The van der Waals surface area contributed by atoms with Gasteiger partial charge in [0, 0.05) is 6.42 Å². The van der Waals surface area contributed by atoms with E-state index in [0.717, 1.165) is 0 Å². The fourth-order valence-electron chi connectivity index (χ4n) is 3.33. The molecule has 0 atom stereocenters. The van der Waals surface area contributed by atoms with Crippen molar-refractivity contribution in [2.45, 2.75) is 44.6 Å². The van der Waals surface area contributed by atoms with Gasteiger partial charge in [-0.15, -0.1) is 8.78 Å². The molecule has 7 heteroatoms. The summed E-state index contributed by atoms with van der Waals surface area (Å²) in [5, 5.41) is 0. The molecular formula is C20H22F6N+. The predicted molar refractivity (Wildman–Crippen MR) is 94.6 cm³/mol. The maximum Gasteiger partial charge on any atom is 0.471 e. The first kappa shape index (κ1) is 21.3. The van der Waals surface area contributed by atoms with Crippen LogP contribution in [-0.2, 0) is 0 Å². The highest BCUT2D eigenvalue weighted by Gasteiger charge is 2.81. The normalized spacial score (nSPS) is 13.6. The largest absolute Gasteiger partial charge is 0.471 e. The second kappa shape index (κ2) is 7.54. The Balaban J connectivity index is 2.81. The van der Waals surface area contributed by atoms with Gasteiger partial charge in [0.1, 0.15) is 11.4 Å². The topological polar surface area (TPSA) is 0 Å². The third-order valence-electron chi connectivity index (χ3n) is 4.75. The third kappa shape index (κ3) is 3.22. The van der Waals surface area contributed by atoms with Crippen LogP contribution in [0.4, 0.5) is 37.7 Å². The Morgan fingerprint density at radius 2 is 1.11 bits per heavy atom. The molecule has 1 nitrogen and oxygen atoms in total. The Kier molecular flexibility index (Phi) is 5.94. The van der Waals surface area contributed by atoms with Crippen LogP contribution < -0.4 is 4.48 Å². The molecule has 0 aliphatic carbocycles. The molecule has 0 aliphatic rings. The molecule has 0 saturated heterocycles. The first-order valence-electron chi connectivity index (χ1n) is 8.71. The van der Waals surface area contributed by atoms with Crippen LogP contribution in [-0.4, -0.2) is 24.4 Å². The number of para-hydroxylation sites is 2. The molecule has 0 saturated carbocycles. The summed E-state index contributed by atoms with van der Waals surface area (Å²) >= 11 is 0. The Hall–Kier alpha value is -2.02. The van der Waals surface area contributed by atoms with Crippen molar-refractivity contribution in [1.29, 1.82) is 0 Å². The van der Waals surface area contributed by atoms with E-state index in [1.165, 1.54) is 62.4 Å². The zero-order chi connectivity index (χ0) is 20.3. The maximum absolute atomic E-state index is 15.5. The molecule has 0 amide bonds. The molecule has 0 fully saturated rings. The third-order valence-corrected chi connectivity index (χ3v) is 4.75. The number of rotatable bonds is 8. The summed E-state index contributed by atoms with van der Waals surface area (Å²) in [4.78, 5) is 0. The summed E-state index contributed by atoms with van der Waals surface area (Å²) in [5.41, 5.74) is -0.383. The van der Waals surface area contributed by atoms with E-state index in [1.54, 1.807) is 12.1 Å². The minimum absolute atomic E-state index is 0.192. The SMILES string of the molecule is CCCC(F)(F)C(F)(F)C(F)(F)[N+](CC)(c1ccccc1)c1ccccc1. The van der Waals surface area contributed by atoms with E-state index >= 15 is 8.78 Å². The van der Waals surface area contributed by atoms with Crippen LogP contribution in [0.25, 0.3) is 0 Å². The molecule has 0 unspecified atom stereocenters. The molecule has 0 aromatic heterocycles. The van der Waals surface area contributed by atoms with Gasteiger partial charge in [-0.1, -0.05) is 49.7 Å². The standard InChI is InChI=1S/C20H22F6N/c1-3-15-18(21,22)19(23,24)20(25,26)27(4-2,16-11-7-5-8-12-16)17-13-9-6-10-14-17/h5-14H,3-4,15H2,1-2H3/q+1. The van der Waals surface area contributed by atoms with Gasteiger partial charge < -0.3 is 0 Å². The van der Waals surface area contributed by atoms with Gasteiger partial charge in [0.25, 0.3) is 0 Å². The van der Waals surface area contributed by atoms with E-state index in [0.29, 0.717) is 0 Å². The Bertz CT molecular complexity index is 691. The van der Waals surface area contributed by atoms with Crippen LogP contribution in [0, 0.1) is 0 Å². The van der Waals surface area contributed by atoms with Gasteiger partial charge in [0.2, 0.25) is 0 Å². The highest BCUT2D eigenvalue weighted by atomic mass is 19.3. The predicted octanol–water partition coefficient (Wildman–Crippen LogP) is 7.01. The molecule has 0 spiro atoms. The molecule has 0 radical (unpaired) electrons. The van der Waals surface area contributed by atoms with Gasteiger partial charge in [0.05, 0.1) is 6.54 Å². The van der Waals surface area contributed by atoms with Crippen molar-refractivity contribution in [3.63, 3.8) is 0 Å². The Morgan fingerprint density at radius 1 is 0.704 bits per heavy atom. The van der Waals surface area contributed by atoms with E-state index < -0.39 is 35.3 Å². The quantitative estimate of drug-likeness (QED) is 0.258. The number of hydrogen-bond acceptors (Lipinski definition) is 0. The van der Waals surface area contributed by atoms with Gasteiger partial charge in [0.15, 0.2) is 0 Å². The van der Waals surface area contributed by atoms with Crippen LogP contribution in [0.1, 0.15) is 26.7 Å². The highest BCUT2D eigenvalue weighted by molar-refractivity contribution is 5.60. The van der Waals surface area contributed by atoms with E-state index in [4.69, 9.17) is 0 Å². The van der Waals surface area contributed by atoms with Crippen LogP contribution in [0.2, 0.25) is 0 Å². The van der Waals surface area contributed by atoms with Crippen molar-refractivity contribution in [3.8, 4) is 0 Å². The fraction of sp³-hybridized carbons (Fsp3) is 0.400. The number of halogens is 6. The molecule has 148 valence electrons. The van der Waals surface area contributed by atoms with E-state index in [1.807, 2.05) is 0 Å². The highest BCUT2D eigenvalue weighted by Crippen LogP contribution is 2.56. The Morgan fingerprint density at radius 3 is 1.44 bits per heavy atom. The number of quaternary nitrogens is 1. The van der Waals surface area contributed by atoms with Crippen molar-refractivity contribution in [3.05, 3.63) is 60.7 Å². The summed E-state index contributed by atoms with van der Waals surface area (Å²) in [6, 6.07) is 8.65. The minimum Gasteiger partial charge on any atom is -0.199 e. The minimum atomic E-state index is -5.56. The molecule has 0 N–H and O–H groups in total. The molecule has 0 aliphatic heterocycles. The lowest BCUT2D eigenvalue weighted by Crippen LogP contribution is -2.70. The summed E-state index contributed by atoms with van der Waals surface area (Å²) in [5.74, 6) is -10.4. The molecule has 27 heavy (non-hydrogen) atoms. The van der Waals surface area contributed by atoms with E-state index in [2.05, 4.69) is 0 Å². The monoisotopic (exact) mass is 390 g/mol. The van der Waals surface area contributed by atoms with Crippen LogP contribution in [0.3, 0.4) is 0 Å². The van der Waals surface area contributed by atoms with Crippen molar-refractivity contribution in [2.75, 3.05) is 6.54 Å². The lowest BCUT2D eigenvalue weighted by Gasteiger charge is -2.46. The second-order valence-electron chi connectivity index (χ2n) is 6.37. The summed E-state index contributed by atoms with van der Waals surface area (Å²) in [6.45, 7) is 1.99. The van der Waals surface area contributed by atoms with Crippen LogP contribution in [0.5, 0.6) is 0 Å².